The summed E-state index contributed by atoms with van der Waals surface area (Å²) in [6.45, 7) is 1.80. The van der Waals surface area contributed by atoms with Crippen molar-refractivity contribution in [1.82, 2.24) is 14.2 Å². The number of carbonyl (C=O) groups is 1. The Morgan fingerprint density at radius 1 is 1.03 bits per heavy atom. The second kappa shape index (κ2) is 8.91. The lowest BCUT2D eigenvalue weighted by Gasteiger charge is -2.25. The summed E-state index contributed by atoms with van der Waals surface area (Å²) in [5, 5.41) is 3.74. The van der Waals surface area contributed by atoms with Crippen molar-refractivity contribution in [3.63, 3.8) is 0 Å². The van der Waals surface area contributed by atoms with Gasteiger partial charge in [-0.25, -0.2) is 8.42 Å². The van der Waals surface area contributed by atoms with Crippen molar-refractivity contribution in [1.29, 1.82) is 0 Å². The van der Waals surface area contributed by atoms with Gasteiger partial charge in [0.1, 0.15) is 6.54 Å². The first-order valence-corrected chi connectivity index (χ1v) is 12.3. The second-order valence-corrected chi connectivity index (χ2v) is 10.4. The molecule has 0 aliphatic carbocycles. The standard InChI is InChI=1S/C22H24BrN3O3S/c23-19-6-4-5-17(13-19)15-24-22(27)16-25-12-9-18-14-20(7-8-21(18)25)30(28,29)26-10-2-1-3-11-26/h4-9,12-14H,1-3,10-11,15-16H2,(H,24,27). The molecule has 4 rings (SSSR count). The van der Waals surface area contributed by atoms with Gasteiger partial charge in [0.15, 0.2) is 0 Å². The van der Waals surface area contributed by atoms with Gasteiger partial charge < -0.3 is 9.88 Å². The van der Waals surface area contributed by atoms with Crippen LogP contribution in [0.3, 0.4) is 0 Å². The number of fused-ring (bicyclic) bond motifs is 1. The maximum Gasteiger partial charge on any atom is 0.243 e. The molecule has 1 amide bonds. The number of carbonyl (C=O) groups excluding carboxylic acids is 1. The fourth-order valence-corrected chi connectivity index (χ4v) is 5.79. The van der Waals surface area contributed by atoms with E-state index < -0.39 is 10.0 Å². The topological polar surface area (TPSA) is 71.4 Å². The van der Waals surface area contributed by atoms with E-state index in [-0.39, 0.29) is 12.5 Å². The van der Waals surface area contributed by atoms with E-state index in [9.17, 15) is 13.2 Å². The minimum atomic E-state index is -3.47. The highest BCUT2D eigenvalue weighted by Gasteiger charge is 2.26. The summed E-state index contributed by atoms with van der Waals surface area (Å²) in [6, 6.07) is 14.8. The van der Waals surface area contributed by atoms with E-state index >= 15 is 0 Å². The highest BCUT2D eigenvalue weighted by molar-refractivity contribution is 9.10. The van der Waals surface area contributed by atoms with Gasteiger partial charge in [0.05, 0.1) is 4.90 Å². The van der Waals surface area contributed by atoms with E-state index in [4.69, 9.17) is 0 Å². The van der Waals surface area contributed by atoms with E-state index in [0.717, 1.165) is 40.2 Å². The van der Waals surface area contributed by atoms with Gasteiger partial charge >= 0.3 is 0 Å². The lowest BCUT2D eigenvalue weighted by Crippen LogP contribution is -2.35. The molecule has 158 valence electrons. The molecule has 0 atom stereocenters. The van der Waals surface area contributed by atoms with Crippen molar-refractivity contribution in [2.24, 2.45) is 0 Å². The Labute approximate surface area is 185 Å². The molecule has 1 aromatic heterocycles. The van der Waals surface area contributed by atoms with E-state index in [0.29, 0.717) is 24.5 Å². The molecule has 1 fully saturated rings. The number of aromatic nitrogens is 1. The number of sulfonamides is 1. The average molecular weight is 490 g/mol. The normalized spacial score (nSPS) is 15.4. The first-order chi connectivity index (χ1) is 14.4. The molecule has 0 bridgehead atoms. The number of nitrogens with one attached hydrogen (secondary N) is 1. The smallest absolute Gasteiger partial charge is 0.243 e. The van der Waals surface area contributed by atoms with Crippen LogP contribution in [-0.2, 0) is 27.9 Å². The lowest BCUT2D eigenvalue weighted by molar-refractivity contribution is -0.121. The van der Waals surface area contributed by atoms with Crippen molar-refractivity contribution in [3.8, 4) is 0 Å². The summed E-state index contributed by atoms with van der Waals surface area (Å²) < 4.78 is 30.2. The van der Waals surface area contributed by atoms with E-state index in [2.05, 4.69) is 21.2 Å². The Balaban J connectivity index is 1.46. The van der Waals surface area contributed by atoms with Crippen LogP contribution in [0.5, 0.6) is 0 Å². The SMILES string of the molecule is O=C(Cn1ccc2cc(S(=O)(=O)N3CCCCC3)ccc21)NCc1cccc(Br)c1. The number of piperidine rings is 1. The van der Waals surface area contributed by atoms with Gasteiger partial charge in [0.25, 0.3) is 0 Å². The minimum Gasteiger partial charge on any atom is -0.350 e. The summed E-state index contributed by atoms with van der Waals surface area (Å²) in [6.07, 6.45) is 4.72. The quantitative estimate of drug-likeness (QED) is 0.570. The van der Waals surface area contributed by atoms with Gasteiger partial charge in [-0.05, 0) is 54.8 Å². The van der Waals surface area contributed by atoms with Crippen LogP contribution in [0.15, 0.2) is 64.1 Å². The molecule has 30 heavy (non-hydrogen) atoms. The van der Waals surface area contributed by atoms with Gasteiger partial charge in [-0.3, -0.25) is 4.79 Å². The molecular formula is C22H24BrN3O3S. The van der Waals surface area contributed by atoms with Gasteiger partial charge in [0.2, 0.25) is 15.9 Å². The molecule has 2 heterocycles. The molecule has 8 heteroatoms. The first kappa shape index (κ1) is 21.1. The van der Waals surface area contributed by atoms with E-state index in [1.807, 2.05) is 41.1 Å². The van der Waals surface area contributed by atoms with Gasteiger partial charge in [-0.1, -0.05) is 34.5 Å². The Morgan fingerprint density at radius 3 is 2.60 bits per heavy atom. The zero-order valence-electron chi connectivity index (χ0n) is 16.6. The maximum atomic E-state index is 12.9. The molecule has 6 nitrogen and oxygen atoms in total. The van der Waals surface area contributed by atoms with E-state index in [1.165, 1.54) is 0 Å². The number of rotatable bonds is 6. The predicted molar refractivity (Wildman–Crippen MR) is 121 cm³/mol. The highest BCUT2D eigenvalue weighted by Crippen LogP contribution is 2.25. The fraction of sp³-hybridized carbons (Fsp3) is 0.318. The number of amides is 1. The van der Waals surface area contributed by atoms with Crippen molar-refractivity contribution in [3.05, 3.63) is 64.8 Å². The Morgan fingerprint density at radius 2 is 1.83 bits per heavy atom. The molecule has 1 saturated heterocycles. The van der Waals surface area contributed by atoms with Crippen LogP contribution in [0.2, 0.25) is 0 Å². The maximum absolute atomic E-state index is 12.9. The predicted octanol–water partition coefficient (Wildman–Crippen LogP) is 3.89. The average Bonchev–Trinajstić information content (AvgIpc) is 3.15. The van der Waals surface area contributed by atoms with Gasteiger partial charge in [-0.2, -0.15) is 4.31 Å². The Kier molecular flexibility index (Phi) is 6.26. The van der Waals surface area contributed by atoms with Crippen LogP contribution < -0.4 is 5.32 Å². The van der Waals surface area contributed by atoms with Crippen LogP contribution in [0.25, 0.3) is 10.9 Å². The number of hydrogen-bond donors (Lipinski definition) is 1. The van der Waals surface area contributed by atoms with Crippen molar-refractivity contribution < 1.29 is 13.2 Å². The van der Waals surface area contributed by atoms with Crippen LogP contribution in [-0.4, -0.2) is 36.3 Å². The summed E-state index contributed by atoms with van der Waals surface area (Å²) in [5.74, 6) is -0.0995. The number of nitrogens with zero attached hydrogens (tertiary/aromatic N) is 2. The minimum absolute atomic E-state index is 0.0995. The van der Waals surface area contributed by atoms with E-state index in [1.54, 1.807) is 22.5 Å². The monoisotopic (exact) mass is 489 g/mol. The summed E-state index contributed by atoms with van der Waals surface area (Å²) in [7, 11) is -3.47. The molecule has 1 aliphatic heterocycles. The Bertz CT molecular complexity index is 1170. The van der Waals surface area contributed by atoms with Gasteiger partial charge in [-0.15, -0.1) is 0 Å². The van der Waals surface area contributed by atoms with Gasteiger partial charge in [0, 0.05) is 41.2 Å². The number of hydrogen-bond acceptors (Lipinski definition) is 3. The zero-order chi connectivity index (χ0) is 21.1. The molecule has 0 unspecified atom stereocenters. The summed E-state index contributed by atoms with van der Waals surface area (Å²) >= 11 is 3.43. The van der Waals surface area contributed by atoms with Crippen LogP contribution >= 0.6 is 15.9 Å². The lowest BCUT2D eigenvalue weighted by atomic mass is 10.2. The van der Waals surface area contributed by atoms with Crippen molar-refractivity contribution in [2.75, 3.05) is 13.1 Å². The molecule has 1 aliphatic rings. The first-order valence-electron chi connectivity index (χ1n) is 10.0. The zero-order valence-corrected chi connectivity index (χ0v) is 19.0. The molecule has 0 radical (unpaired) electrons. The Hall–Kier alpha value is -2.16. The summed E-state index contributed by atoms with van der Waals surface area (Å²) in [5.41, 5.74) is 1.85. The number of halogens is 1. The third-order valence-electron chi connectivity index (χ3n) is 5.39. The van der Waals surface area contributed by atoms with Crippen molar-refractivity contribution in [2.45, 2.75) is 37.2 Å². The largest absolute Gasteiger partial charge is 0.350 e. The molecule has 1 N–H and O–H groups in total. The molecular weight excluding hydrogens is 466 g/mol. The highest BCUT2D eigenvalue weighted by atomic mass is 79.9. The van der Waals surface area contributed by atoms with Crippen molar-refractivity contribution >= 4 is 42.8 Å². The molecule has 3 aromatic rings. The number of benzene rings is 2. The molecule has 0 spiro atoms. The third-order valence-corrected chi connectivity index (χ3v) is 7.78. The fourth-order valence-electron chi connectivity index (χ4n) is 3.79. The third kappa shape index (κ3) is 4.61. The van der Waals surface area contributed by atoms with Crippen LogP contribution in [0.1, 0.15) is 24.8 Å². The summed E-state index contributed by atoms with van der Waals surface area (Å²) in [4.78, 5) is 12.7. The second-order valence-electron chi connectivity index (χ2n) is 7.54. The van der Waals surface area contributed by atoms with Crippen LogP contribution in [0, 0.1) is 0 Å². The van der Waals surface area contributed by atoms with Crippen LogP contribution in [0.4, 0.5) is 0 Å². The molecule has 0 saturated carbocycles. The molecule has 2 aromatic carbocycles.